The van der Waals surface area contributed by atoms with E-state index in [-0.39, 0.29) is 17.5 Å². The minimum atomic E-state index is -0.211. The number of nitrogens with two attached hydrogens (primary N) is 1. The Labute approximate surface area is 114 Å². The van der Waals surface area contributed by atoms with Crippen molar-refractivity contribution in [2.75, 3.05) is 25.6 Å². The molecule has 2 rings (SSSR count). The van der Waals surface area contributed by atoms with Crippen molar-refractivity contribution in [3.8, 4) is 0 Å². The second kappa shape index (κ2) is 5.88. The van der Waals surface area contributed by atoms with Crippen LogP contribution in [-0.4, -0.2) is 32.3 Å². The predicted octanol–water partition coefficient (Wildman–Crippen LogP) is 2.55. The molecule has 1 saturated carbocycles. The monoisotopic (exact) mass is 266 g/mol. The van der Waals surface area contributed by atoms with Crippen molar-refractivity contribution in [1.82, 2.24) is 0 Å². The lowest BCUT2D eigenvalue weighted by Gasteiger charge is -2.47. The summed E-state index contributed by atoms with van der Waals surface area (Å²) in [5.41, 5.74) is 6.97. The van der Waals surface area contributed by atoms with Gasteiger partial charge in [0.1, 0.15) is 5.82 Å². The fourth-order valence-electron chi connectivity index (χ4n) is 3.05. The van der Waals surface area contributed by atoms with E-state index in [0.717, 1.165) is 31.4 Å². The molecule has 0 radical (unpaired) electrons. The minimum Gasteiger partial charge on any atom is -0.381 e. The highest BCUT2D eigenvalue weighted by molar-refractivity contribution is 5.48. The molecule has 2 atom stereocenters. The van der Waals surface area contributed by atoms with Gasteiger partial charge in [-0.3, -0.25) is 0 Å². The lowest BCUT2D eigenvalue weighted by molar-refractivity contribution is 0.0423. The normalized spacial score (nSPS) is 27.3. The Kier molecular flexibility index (Phi) is 4.42. The van der Waals surface area contributed by atoms with Crippen molar-refractivity contribution in [3.05, 3.63) is 30.1 Å². The summed E-state index contributed by atoms with van der Waals surface area (Å²) >= 11 is 0. The van der Waals surface area contributed by atoms with Gasteiger partial charge in [0.25, 0.3) is 0 Å². The molecule has 106 valence electrons. The van der Waals surface area contributed by atoms with Crippen LogP contribution in [-0.2, 0) is 4.74 Å². The number of rotatable bonds is 4. The number of benzene rings is 1. The van der Waals surface area contributed by atoms with Gasteiger partial charge in [-0.1, -0.05) is 0 Å². The third-order valence-electron chi connectivity index (χ3n) is 4.41. The third-order valence-corrected chi connectivity index (χ3v) is 4.41. The summed E-state index contributed by atoms with van der Waals surface area (Å²) in [7, 11) is 3.80. The maximum atomic E-state index is 13.0. The van der Waals surface area contributed by atoms with E-state index in [1.54, 1.807) is 7.11 Å². The summed E-state index contributed by atoms with van der Waals surface area (Å²) in [5, 5.41) is 0. The first-order valence-electron chi connectivity index (χ1n) is 6.83. The zero-order chi connectivity index (χ0) is 13.9. The van der Waals surface area contributed by atoms with E-state index in [1.165, 1.54) is 12.1 Å². The highest BCUT2D eigenvalue weighted by Gasteiger charge is 2.39. The van der Waals surface area contributed by atoms with Gasteiger partial charge in [-0.2, -0.15) is 0 Å². The quantitative estimate of drug-likeness (QED) is 0.910. The number of hydrogen-bond acceptors (Lipinski definition) is 3. The molecule has 1 aliphatic rings. The van der Waals surface area contributed by atoms with Crippen molar-refractivity contribution < 1.29 is 9.13 Å². The predicted molar refractivity (Wildman–Crippen MR) is 75.9 cm³/mol. The molecule has 0 saturated heterocycles. The number of hydrogen-bond donors (Lipinski definition) is 1. The van der Waals surface area contributed by atoms with E-state index in [9.17, 15) is 4.39 Å². The molecule has 1 fully saturated rings. The molecule has 2 N–H and O–H groups in total. The Hall–Kier alpha value is -1.13. The van der Waals surface area contributed by atoms with Crippen molar-refractivity contribution in [3.63, 3.8) is 0 Å². The topological polar surface area (TPSA) is 38.5 Å². The van der Waals surface area contributed by atoms with Gasteiger partial charge in [0.05, 0.1) is 11.6 Å². The number of nitrogens with zero attached hydrogens (tertiary/aromatic N) is 1. The average molecular weight is 266 g/mol. The summed E-state index contributed by atoms with van der Waals surface area (Å²) < 4.78 is 18.5. The maximum Gasteiger partial charge on any atom is 0.123 e. The Morgan fingerprint density at radius 1 is 1.42 bits per heavy atom. The molecule has 0 aliphatic heterocycles. The molecule has 1 aliphatic carbocycles. The maximum absolute atomic E-state index is 13.0. The average Bonchev–Trinajstić information content (AvgIpc) is 2.47. The molecule has 1 aromatic rings. The first-order valence-corrected chi connectivity index (χ1v) is 6.83. The summed E-state index contributed by atoms with van der Waals surface area (Å²) in [4.78, 5) is 2.19. The van der Waals surface area contributed by atoms with Crippen LogP contribution in [0.1, 0.15) is 25.7 Å². The van der Waals surface area contributed by atoms with Gasteiger partial charge in [-0.05, 0) is 49.9 Å². The Morgan fingerprint density at radius 2 is 2.11 bits per heavy atom. The zero-order valence-corrected chi connectivity index (χ0v) is 11.7. The van der Waals surface area contributed by atoms with Gasteiger partial charge in [-0.25, -0.2) is 4.39 Å². The Morgan fingerprint density at radius 3 is 2.68 bits per heavy atom. The van der Waals surface area contributed by atoms with Crippen LogP contribution in [0.5, 0.6) is 0 Å². The zero-order valence-electron chi connectivity index (χ0n) is 11.7. The smallest absolute Gasteiger partial charge is 0.123 e. The molecule has 0 spiro atoms. The molecule has 0 bridgehead atoms. The van der Waals surface area contributed by atoms with E-state index in [1.807, 2.05) is 19.2 Å². The number of anilines is 1. The van der Waals surface area contributed by atoms with Gasteiger partial charge >= 0.3 is 0 Å². The van der Waals surface area contributed by atoms with Crippen LogP contribution in [0.15, 0.2) is 24.3 Å². The molecular weight excluding hydrogens is 243 g/mol. The van der Waals surface area contributed by atoms with Crippen LogP contribution in [0.2, 0.25) is 0 Å². The molecule has 1 aromatic carbocycles. The fourth-order valence-corrected chi connectivity index (χ4v) is 3.05. The van der Waals surface area contributed by atoms with E-state index < -0.39 is 0 Å². The molecule has 4 heteroatoms. The van der Waals surface area contributed by atoms with Crippen LogP contribution in [0.25, 0.3) is 0 Å². The molecule has 19 heavy (non-hydrogen) atoms. The summed E-state index contributed by atoms with van der Waals surface area (Å²) in [5.74, 6) is -0.211. The van der Waals surface area contributed by atoms with Crippen LogP contribution in [0.3, 0.4) is 0 Å². The molecular formula is C15H23FN2O. The van der Waals surface area contributed by atoms with Crippen LogP contribution in [0, 0.1) is 5.82 Å². The van der Waals surface area contributed by atoms with Crippen LogP contribution >= 0.6 is 0 Å². The minimum absolute atomic E-state index is 0.0866. The highest BCUT2D eigenvalue weighted by atomic mass is 19.1. The van der Waals surface area contributed by atoms with Gasteiger partial charge in [0.2, 0.25) is 0 Å². The van der Waals surface area contributed by atoms with Gasteiger partial charge in [0.15, 0.2) is 0 Å². The summed E-state index contributed by atoms with van der Waals surface area (Å²) in [6.07, 6.45) is 4.45. The van der Waals surface area contributed by atoms with Crippen molar-refractivity contribution in [1.29, 1.82) is 0 Å². The van der Waals surface area contributed by atoms with E-state index >= 15 is 0 Å². The molecule has 3 nitrogen and oxygen atoms in total. The number of halogens is 1. The molecule has 0 aromatic heterocycles. The van der Waals surface area contributed by atoms with Crippen LogP contribution < -0.4 is 10.6 Å². The third kappa shape index (κ3) is 2.90. The summed E-state index contributed by atoms with van der Waals surface area (Å²) in [6.45, 7) is 0.584. The van der Waals surface area contributed by atoms with Gasteiger partial charge in [0, 0.05) is 26.4 Å². The fraction of sp³-hybridized carbons (Fsp3) is 0.600. The Balaban J connectivity index is 2.22. The first-order chi connectivity index (χ1) is 9.11. The van der Waals surface area contributed by atoms with E-state index in [4.69, 9.17) is 10.5 Å². The molecule has 2 unspecified atom stereocenters. The second-order valence-electron chi connectivity index (χ2n) is 5.42. The van der Waals surface area contributed by atoms with Crippen molar-refractivity contribution in [2.24, 2.45) is 5.73 Å². The highest BCUT2D eigenvalue weighted by Crippen LogP contribution is 2.36. The van der Waals surface area contributed by atoms with E-state index in [2.05, 4.69) is 4.90 Å². The first kappa shape index (κ1) is 14.3. The lowest BCUT2D eigenvalue weighted by Crippen LogP contribution is -2.56. The standard InChI is InChI=1S/C15H23FN2O/c1-18(13-7-5-12(16)6-8-13)15(11-17)9-3-4-14(10-15)19-2/h5-8,14H,3-4,9-11,17H2,1-2H3. The lowest BCUT2D eigenvalue weighted by atomic mass is 9.78. The SMILES string of the molecule is COC1CCCC(CN)(N(C)c2ccc(F)cc2)C1. The van der Waals surface area contributed by atoms with E-state index in [0.29, 0.717) is 6.54 Å². The van der Waals surface area contributed by atoms with Crippen molar-refractivity contribution in [2.45, 2.75) is 37.3 Å². The largest absolute Gasteiger partial charge is 0.381 e. The van der Waals surface area contributed by atoms with Gasteiger partial charge < -0.3 is 15.4 Å². The van der Waals surface area contributed by atoms with Crippen molar-refractivity contribution >= 4 is 5.69 Å². The number of likely N-dealkylation sites (N-methyl/N-ethyl adjacent to an activating group) is 1. The second-order valence-corrected chi connectivity index (χ2v) is 5.42. The number of methoxy groups -OCH3 is 1. The van der Waals surface area contributed by atoms with Gasteiger partial charge in [-0.15, -0.1) is 0 Å². The molecule has 0 amide bonds. The molecule has 0 heterocycles. The Bertz CT molecular complexity index is 409. The number of ether oxygens (including phenoxy) is 1. The summed E-state index contributed by atoms with van der Waals surface area (Å²) in [6, 6.07) is 6.60. The van der Waals surface area contributed by atoms with Crippen LogP contribution in [0.4, 0.5) is 10.1 Å².